The average molecular weight is 357 g/mol. The molecule has 0 saturated heterocycles. The van der Waals surface area contributed by atoms with Gasteiger partial charge in [0.15, 0.2) is 0 Å². The van der Waals surface area contributed by atoms with Crippen LogP contribution >= 0.6 is 0 Å². The minimum absolute atomic E-state index is 0.0310. The molecule has 2 N–H and O–H groups in total. The van der Waals surface area contributed by atoms with Crippen LogP contribution in [0.3, 0.4) is 0 Å². The highest BCUT2D eigenvalue weighted by molar-refractivity contribution is 5.96. The zero-order valence-electron chi connectivity index (χ0n) is 15.7. The number of nitrogens with zero attached hydrogens (tertiary/aromatic N) is 1. The van der Waals surface area contributed by atoms with Gasteiger partial charge < -0.3 is 15.1 Å². The molecule has 1 aliphatic heterocycles. The van der Waals surface area contributed by atoms with Gasteiger partial charge in [-0.25, -0.2) is 0 Å². The van der Waals surface area contributed by atoms with Crippen molar-refractivity contribution >= 4 is 5.71 Å². The van der Waals surface area contributed by atoms with Crippen LogP contribution in [0.1, 0.15) is 51.9 Å². The maximum atomic E-state index is 10.1. The van der Waals surface area contributed by atoms with Crippen molar-refractivity contribution in [1.82, 2.24) is 0 Å². The number of aliphatic hydroxyl groups is 1. The van der Waals surface area contributed by atoms with Gasteiger partial charge in [0.1, 0.15) is 0 Å². The van der Waals surface area contributed by atoms with Crippen LogP contribution in [0, 0.1) is 35.0 Å². The Hall–Kier alpha value is -1.13. The van der Waals surface area contributed by atoms with Crippen molar-refractivity contribution in [3.63, 3.8) is 0 Å². The molecule has 5 rings (SSSR count). The molecular formula is C22H31NO3. The van der Waals surface area contributed by atoms with E-state index in [4.69, 9.17) is 4.74 Å². The third kappa shape index (κ3) is 2.12. The Morgan fingerprint density at radius 3 is 2.85 bits per heavy atom. The van der Waals surface area contributed by atoms with Crippen LogP contribution in [0.25, 0.3) is 0 Å². The van der Waals surface area contributed by atoms with Crippen LogP contribution in [-0.2, 0) is 4.74 Å². The summed E-state index contributed by atoms with van der Waals surface area (Å²) in [6, 6.07) is 0. The molecule has 0 aromatic rings. The summed E-state index contributed by atoms with van der Waals surface area (Å²) in [6.07, 6.45) is 14.6. The monoisotopic (exact) mass is 357 g/mol. The van der Waals surface area contributed by atoms with Gasteiger partial charge in [-0.3, -0.25) is 0 Å². The predicted octanol–water partition coefficient (Wildman–Crippen LogP) is 3.93. The maximum absolute atomic E-state index is 10.1. The van der Waals surface area contributed by atoms with E-state index in [2.05, 4.69) is 30.3 Å². The largest absolute Gasteiger partial charge is 0.411 e. The summed E-state index contributed by atoms with van der Waals surface area (Å²) < 4.78 is 6.33. The first kappa shape index (κ1) is 17.0. The van der Waals surface area contributed by atoms with E-state index < -0.39 is 0 Å². The average Bonchev–Trinajstić information content (AvgIpc) is 3.27. The highest BCUT2D eigenvalue weighted by atomic mass is 16.5. The van der Waals surface area contributed by atoms with E-state index in [0.717, 1.165) is 43.9 Å². The standard InChI is InChI=1S/C22H31NO3/c1-21-8-5-17-16-4-3-15(23-25)12-18(16)14(13-24)11-19(17)20(21)6-9-22(21)7-2-10-26-22/h2,7,12,14,16-17,19-20,24-25H,3-6,8-11,13H2,1H3/b23-15+/t14-,16-,17?,19?,20?,21+,22+/m1/s1. The highest BCUT2D eigenvalue weighted by Crippen LogP contribution is 2.67. The molecule has 0 amide bonds. The Morgan fingerprint density at radius 2 is 2.12 bits per heavy atom. The van der Waals surface area contributed by atoms with Gasteiger partial charge in [0.2, 0.25) is 0 Å². The normalized spacial score (nSPS) is 51.2. The third-order valence-corrected chi connectivity index (χ3v) is 8.87. The Labute approximate surface area is 156 Å². The quantitative estimate of drug-likeness (QED) is 0.425. The summed E-state index contributed by atoms with van der Waals surface area (Å²) >= 11 is 0. The van der Waals surface area contributed by atoms with Gasteiger partial charge in [-0.05, 0) is 74.7 Å². The van der Waals surface area contributed by atoms with Crippen molar-refractivity contribution < 1.29 is 15.1 Å². The third-order valence-electron chi connectivity index (χ3n) is 8.87. The topological polar surface area (TPSA) is 62.1 Å². The Kier molecular flexibility index (Phi) is 3.88. The predicted molar refractivity (Wildman–Crippen MR) is 100 cm³/mol. The van der Waals surface area contributed by atoms with Crippen molar-refractivity contribution in [1.29, 1.82) is 0 Å². The lowest BCUT2D eigenvalue weighted by Crippen LogP contribution is -2.53. The molecule has 1 spiro atoms. The molecule has 0 radical (unpaired) electrons. The van der Waals surface area contributed by atoms with Crippen LogP contribution in [0.5, 0.6) is 0 Å². The first-order valence-electron chi connectivity index (χ1n) is 10.5. The molecule has 4 aliphatic carbocycles. The zero-order chi connectivity index (χ0) is 17.9. The summed E-state index contributed by atoms with van der Waals surface area (Å²) in [6.45, 7) is 3.47. The number of hydrogen-bond acceptors (Lipinski definition) is 4. The van der Waals surface area contributed by atoms with Gasteiger partial charge in [0, 0.05) is 17.9 Å². The molecule has 7 atom stereocenters. The number of ether oxygens (including phenoxy) is 1. The van der Waals surface area contributed by atoms with E-state index in [-0.39, 0.29) is 23.5 Å². The number of aliphatic hydroxyl groups excluding tert-OH is 1. The molecule has 3 saturated carbocycles. The lowest BCUT2D eigenvalue weighted by atomic mass is 9.49. The lowest BCUT2D eigenvalue weighted by molar-refractivity contribution is -0.114. The molecule has 5 aliphatic rings. The summed E-state index contributed by atoms with van der Waals surface area (Å²) in [5.74, 6) is 2.92. The van der Waals surface area contributed by atoms with E-state index >= 15 is 0 Å². The van der Waals surface area contributed by atoms with Gasteiger partial charge >= 0.3 is 0 Å². The first-order valence-corrected chi connectivity index (χ1v) is 10.5. The summed E-state index contributed by atoms with van der Waals surface area (Å²) in [7, 11) is 0. The summed E-state index contributed by atoms with van der Waals surface area (Å²) in [5, 5.41) is 22.8. The fraction of sp³-hybridized carbons (Fsp3) is 0.773. The Morgan fingerprint density at radius 1 is 1.23 bits per heavy atom. The molecule has 0 bridgehead atoms. The second kappa shape index (κ2) is 5.93. The molecule has 4 heteroatoms. The van der Waals surface area contributed by atoms with E-state index in [9.17, 15) is 10.3 Å². The van der Waals surface area contributed by atoms with E-state index in [1.54, 1.807) is 0 Å². The Bertz CT molecular complexity index is 683. The summed E-state index contributed by atoms with van der Waals surface area (Å²) in [4.78, 5) is 0. The van der Waals surface area contributed by atoms with Gasteiger partial charge in [-0.1, -0.05) is 29.8 Å². The van der Waals surface area contributed by atoms with E-state index in [1.807, 2.05) is 0 Å². The second-order valence-corrected chi connectivity index (χ2v) is 9.53. The minimum Gasteiger partial charge on any atom is -0.411 e. The summed E-state index contributed by atoms with van der Waals surface area (Å²) in [5.41, 5.74) is 2.37. The molecule has 142 valence electrons. The number of hydrogen-bond donors (Lipinski definition) is 2. The van der Waals surface area contributed by atoms with Crippen molar-refractivity contribution in [2.45, 2.75) is 57.5 Å². The van der Waals surface area contributed by atoms with Gasteiger partial charge in [0.25, 0.3) is 0 Å². The molecule has 1 heterocycles. The molecule has 4 nitrogen and oxygen atoms in total. The fourth-order valence-corrected chi connectivity index (χ4v) is 7.63. The first-order chi connectivity index (χ1) is 12.6. The van der Waals surface area contributed by atoms with Crippen LogP contribution in [-0.4, -0.2) is 34.8 Å². The van der Waals surface area contributed by atoms with Gasteiger partial charge in [0.05, 0.1) is 17.9 Å². The SMILES string of the molecule is C[C@]12CCC3C(C[C@H](CO)C4=C/C(=N/O)CC[C@@H]43)C1CC[C@@]21C=CCO1. The van der Waals surface area contributed by atoms with E-state index in [0.29, 0.717) is 17.8 Å². The van der Waals surface area contributed by atoms with Crippen molar-refractivity contribution in [3.8, 4) is 0 Å². The maximum Gasteiger partial charge on any atom is 0.0923 e. The van der Waals surface area contributed by atoms with Crippen LogP contribution in [0.2, 0.25) is 0 Å². The molecular weight excluding hydrogens is 326 g/mol. The van der Waals surface area contributed by atoms with E-state index in [1.165, 1.54) is 24.8 Å². The second-order valence-electron chi connectivity index (χ2n) is 9.53. The minimum atomic E-state index is -0.0310. The number of rotatable bonds is 1. The molecule has 26 heavy (non-hydrogen) atoms. The number of allylic oxidation sites excluding steroid dienone is 1. The number of fused-ring (bicyclic) bond motifs is 6. The van der Waals surface area contributed by atoms with Crippen molar-refractivity contribution in [2.24, 2.45) is 40.2 Å². The fourth-order valence-electron chi connectivity index (χ4n) is 7.63. The molecule has 0 aromatic carbocycles. The Balaban J connectivity index is 1.49. The van der Waals surface area contributed by atoms with Crippen LogP contribution < -0.4 is 0 Å². The molecule has 0 aromatic heterocycles. The molecule has 3 fully saturated rings. The lowest BCUT2D eigenvalue weighted by Gasteiger charge is -2.57. The number of oxime groups is 1. The van der Waals surface area contributed by atoms with Crippen molar-refractivity contribution in [2.75, 3.05) is 13.2 Å². The van der Waals surface area contributed by atoms with Crippen molar-refractivity contribution in [3.05, 3.63) is 23.8 Å². The van der Waals surface area contributed by atoms with Crippen LogP contribution in [0.4, 0.5) is 0 Å². The van der Waals surface area contributed by atoms with Gasteiger partial charge in [-0.15, -0.1) is 0 Å². The van der Waals surface area contributed by atoms with Crippen LogP contribution in [0.15, 0.2) is 29.0 Å². The molecule has 3 unspecified atom stereocenters. The smallest absolute Gasteiger partial charge is 0.0923 e. The highest BCUT2D eigenvalue weighted by Gasteiger charge is 2.63. The zero-order valence-corrected chi connectivity index (χ0v) is 15.7. The van der Waals surface area contributed by atoms with Gasteiger partial charge in [-0.2, -0.15) is 0 Å².